The molecule has 1 aliphatic heterocycles. The molecule has 0 radical (unpaired) electrons. The van der Waals surface area contributed by atoms with Crippen LogP contribution in [0.3, 0.4) is 0 Å². The molecule has 0 aromatic heterocycles. The van der Waals surface area contributed by atoms with E-state index in [1.54, 1.807) is 37.4 Å². The Bertz CT molecular complexity index is 1370. The van der Waals surface area contributed by atoms with Gasteiger partial charge in [-0.3, -0.25) is 9.59 Å². The van der Waals surface area contributed by atoms with E-state index in [2.05, 4.69) is 0 Å². The average molecular weight is 516 g/mol. The molecule has 1 atom stereocenters. The lowest BCUT2D eigenvalue weighted by Gasteiger charge is -2.26. The highest BCUT2D eigenvalue weighted by Gasteiger charge is 2.46. The molecule has 1 N–H and O–H groups in total. The van der Waals surface area contributed by atoms with E-state index in [1.807, 2.05) is 58.0 Å². The second-order valence-corrected chi connectivity index (χ2v) is 9.67. The van der Waals surface area contributed by atoms with Gasteiger partial charge < -0.3 is 24.2 Å². The number of carbonyl (C=O) groups is 2. The number of rotatable bonds is 8. The molecule has 0 bridgehead atoms. The van der Waals surface area contributed by atoms with Gasteiger partial charge in [0.05, 0.1) is 37.5 Å². The quantitative estimate of drug-likeness (QED) is 0.234. The van der Waals surface area contributed by atoms with E-state index >= 15 is 0 Å². The molecule has 0 saturated carbocycles. The topological polar surface area (TPSA) is 85.3 Å². The van der Waals surface area contributed by atoms with Gasteiger partial charge in [-0.1, -0.05) is 30.3 Å². The van der Waals surface area contributed by atoms with Crippen molar-refractivity contribution >= 4 is 17.4 Å². The van der Waals surface area contributed by atoms with Crippen molar-refractivity contribution in [1.82, 2.24) is 4.90 Å². The van der Waals surface area contributed by atoms with Crippen molar-refractivity contribution < 1.29 is 28.9 Å². The Balaban J connectivity index is 1.87. The number of benzene rings is 3. The molecule has 4 rings (SSSR count). The summed E-state index contributed by atoms with van der Waals surface area (Å²) in [7, 11) is 3.10. The second kappa shape index (κ2) is 11.0. The molecular weight excluding hydrogens is 482 g/mol. The number of hydrogen-bond donors (Lipinski definition) is 1. The molecule has 1 amide bonds. The van der Waals surface area contributed by atoms with E-state index in [4.69, 9.17) is 14.2 Å². The summed E-state index contributed by atoms with van der Waals surface area (Å²) in [5.74, 6) is 0.121. The van der Waals surface area contributed by atoms with Crippen LogP contribution < -0.4 is 14.2 Å². The number of carbonyl (C=O) groups excluding carboxylic acids is 2. The van der Waals surface area contributed by atoms with Gasteiger partial charge in [0, 0.05) is 6.54 Å². The van der Waals surface area contributed by atoms with Crippen LogP contribution in [-0.4, -0.2) is 42.0 Å². The third-order valence-corrected chi connectivity index (χ3v) is 6.50. The minimum Gasteiger partial charge on any atom is -0.507 e. The number of hydrogen-bond acceptors (Lipinski definition) is 6. The molecule has 3 aromatic rings. The Kier molecular flexibility index (Phi) is 7.76. The number of Topliss-reactive ketones (excluding diaryl/α,β-unsaturated/α-hetero) is 1. The number of aryl methyl sites for hydroxylation is 2. The van der Waals surface area contributed by atoms with Crippen LogP contribution in [0.4, 0.5) is 0 Å². The zero-order chi connectivity index (χ0) is 27.6. The molecule has 7 nitrogen and oxygen atoms in total. The maximum Gasteiger partial charge on any atom is 0.295 e. The van der Waals surface area contributed by atoms with Crippen LogP contribution in [0, 0.1) is 13.8 Å². The summed E-state index contributed by atoms with van der Waals surface area (Å²) < 4.78 is 16.6. The largest absolute Gasteiger partial charge is 0.507 e. The Labute approximate surface area is 223 Å². The molecule has 1 fully saturated rings. The lowest BCUT2D eigenvalue weighted by Crippen LogP contribution is -2.29. The standard InChI is InChI=1S/C31H33NO6/c1-18(2)38-24-13-9-22(10-14-24)27-26(28(33)25-16-19(3)15-20(4)30(25)37-6)29(34)31(35)32(27)17-21-7-11-23(36-5)12-8-21/h7-16,18,27,33H,17H2,1-6H3/b28-26+. The van der Waals surface area contributed by atoms with E-state index in [0.717, 1.165) is 16.7 Å². The summed E-state index contributed by atoms with van der Waals surface area (Å²) in [6.07, 6.45) is -0.00131. The van der Waals surface area contributed by atoms with Crippen molar-refractivity contribution in [2.45, 2.75) is 46.4 Å². The summed E-state index contributed by atoms with van der Waals surface area (Å²) in [5.41, 5.74) is 3.60. The monoisotopic (exact) mass is 515 g/mol. The van der Waals surface area contributed by atoms with E-state index < -0.39 is 17.7 Å². The SMILES string of the molecule is COc1ccc(CN2C(=O)C(=O)/C(=C(/O)c3cc(C)cc(C)c3OC)C2c2ccc(OC(C)C)cc2)cc1. The third-order valence-electron chi connectivity index (χ3n) is 6.50. The fraction of sp³-hybridized carbons (Fsp3) is 0.290. The maximum atomic E-state index is 13.5. The molecule has 1 saturated heterocycles. The van der Waals surface area contributed by atoms with Gasteiger partial charge in [-0.25, -0.2) is 0 Å². The zero-order valence-electron chi connectivity index (χ0n) is 22.6. The highest BCUT2D eigenvalue weighted by atomic mass is 16.5. The maximum absolute atomic E-state index is 13.5. The Hall–Kier alpha value is -4.26. The van der Waals surface area contributed by atoms with Gasteiger partial charge in [-0.05, 0) is 80.3 Å². The highest BCUT2D eigenvalue weighted by Crippen LogP contribution is 2.43. The van der Waals surface area contributed by atoms with Crippen molar-refractivity contribution in [2.75, 3.05) is 14.2 Å². The summed E-state index contributed by atoms with van der Waals surface area (Å²) in [4.78, 5) is 28.4. The van der Waals surface area contributed by atoms with Crippen LogP contribution in [0.1, 0.15) is 47.7 Å². The lowest BCUT2D eigenvalue weighted by molar-refractivity contribution is -0.140. The number of ketones is 1. The van der Waals surface area contributed by atoms with E-state index in [1.165, 1.54) is 12.0 Å². The summed E-state index contributed by atoms with van der Waals surface area (Å²) in [6, 6.07) is 17.4. The number of nitrogens with zero attached hydrogens (tertiary/aromatic N) is 1. The van der Waals surface area contributed by atoms with Crippen LogP contribution >= 0.6 is 0 Å². The summed E-state index contributed by atoms with van der Waals surface area (Å²) >= 11 is 0. The summed E-state index contributed by atoms with van der Waals surface area (Å²) in [6.45, 7) is 7.82. The Morgan fingerprint density at radius 2 is 1.55 bits per heavy atom. The first-order valence-electron chi connectivity index (χ1n) is 12.5. The predicted molar refractivity (Wildman–Crippen MR) is 146 cm³/mol. The highest BCUT2D eigenvalue weighted by molar-refractivity contribution is 6.46. The van der Waals surface area contributed by atoms with Crippen molar-refractivity contribution in [3.05, 3.63) is 94.1 Å². The zero-order valence-corrected chi connectivity index (χ0v) is 22.6. The molecule has 198 valence electrons. The molecule has 1 unspecified atom stereocenters. The summed E-state index contributed by atoms with van der Waals surface area (Å²) in [5, 5.41) is 11.6. The van der Waals surface area contributed by atoms with Gasteiger partial charge in [0.1, 0.15) is 23.0 Å². The fourth-order valence-corrected chi connectivity index (χ4v) is 4.86. The van der Waals surface area contributed by atoms with Gasteiger partial charge in [-0.2, -0.15) is 0 Å². The first kappa shape index (κ1) is 26.8. The number of likely N-dealkylation sites (tertiary alicyclic amines) is 1. The lowest BCUT2D eigenvalue weighted by atomic mass is 9.93. The van der Waals surface area contributed by atoms with Crippen LogP contribution in [-0.2, 0) is 16.1 Å². The smallest absolute Gasteiger partial charge is 0.295 e. The van der Waals surface area contributed by atoms with E-state index in [-0.39, 0.29) is 24.0 Å². The molecule has 0 aliphatic carbocycles. The number of amides is 1. The molecule has 1 heterocycles. The number of ether oxygens (including phenoxy) is 3. The molecule has 0 spiro atoms. The van der Waals surface area contributed by atoms with Gasteiger partial charge in [-0.15, -0.1) is 0 Å². The minimum atomic E-state index is -0.810. The molecular formula is C31H33NO6. The third kappa shape index (κ3) is 5.23. The number of methoxy groups -OCH3 is 2. The van der Waals surface area contributed by atoms with Crippen molar-refractivity contribution in [2.24, 2.45) is 0 Å². The van der Waals surface area contributed by atoms with Gasteiger partial charge in [0.15, 0.2) is 0 Å². The van der Waals surface area contributed by atoms with Crippen LogP contribution in [0.2, 0.25) is 0 Å². The predicted octanol–water partition coefficient (Wildman–Crippen LogP) is 5.73. The Morgan fingerprint density at radius 3 is 2.13 bits per heavy atom. The van der Waals surface area contributed by atoms with E-state index in [0.29, 0.717) is 28.4 Å². The molecule has 38 heavy (non-hydrogen) atoms. The first-order valence-corrected chi connectivity index (χ1v) is 12.5. The molecule has 7 heteroatoms. The minimum absolute atomic E-state index is 0.00131. The molecule has 1 aliphatic rings. The van der Waals surface area contributed by atoms with Gasteiger partial charge in [0.2, 0.25) is 0 Å². The normalized spacial score (nSPS) is 16.7. The van der Waals surface area contributed by atoms with Crippen molar-refractivity contribution in [3.63, 3.8) is 0 Å². The van der Waals surface area contributed by atoms with E-state index in [9.17, 15) is 14.7 Å². The van der Waals surface area contributed by atoms with Gasteiger partial charge >= 0.3 is 0 Å². The second-order valence-electron chi connectivity index (χ2n) is 9.67. The van der Waals surface area contributed by atoms with Crippen molar-refractivity contribution in [3.8, 4) is 17.2 Å². The average Bonchev–Trinajstić information content (AvgIpc) is 3.13. The number of aliphatic hydroxyl groups is 1. The van der Waals surface area contributed by atoms with Crippen LogP contribution in [0.5, 0.6) is 17.2 Å². The molecule has 3 aromatic carbocycles. The fourth-order valence-electron chi connectivity index (χ4n) is 4.86. The number of aliphatic hydroxyl groups excluding tert-OH is 1. The Morgan fingerprint density at radius 1 is 0.921 bits per heavy atom. The van der Waals surface area contributed by atoms with Gasteiger partial charge in [0.25, 0.3) is 11.7 Å². The first-order chi connectivity index (χ1) is 18.1. The van der Waals surface area contributed by atoms with Crippen molar-refractivity contribution in [1.29, 1.82) is 0 Å². The van der Waals surface area contributed by atoms with Crippen LogP contribution in [0.25, 0.3) is 5.76 Å². The van der Waals surface area contributed by atoms with Crippen LogP contribution in [0.15, 0.2) is 66.2 Å².